The Morgan fingerprint density at radius 1 is 0.967 bits per heavy atom. The molecule has 1 saturated heterocycles. The highest BCUT2D eigenvalue weighted by Crippen LogP contribution is 2.24. The summed E-state index contributed by atoms with van der Waals surface area (Å²) < 4.78 is 27.5. The van der Waals surface area contributed by atoms with Gasteiger partial charge in [-0.3, -0.25) is 9.69 Å². The number of fused-ring (bicyclic) bond motifs is 1. The van der Waals surface area contributed by atoms with Gasteiger partial charge in [0.25, 0.3) is 0 Å². The molecule has 0 saturated carbocycles. The number of H-pyrrole nitrogens is 1. The maximum absolute atomic E-state index is 13.0. The van der Waals surface area contributed by atoms with E-state index in [2.05, 4.69) is 4.98 Å². The molecule has 6 nitrogen and oxygen atoms in total. The maximum Gasteiger partial charge on any atom is 0.243 e. The number of aromatic amines is 1. The standard InChI is InChI=1S/C23H27N3O3S/c1-16-8-9-19(14-17(16)2)30(28,29)26-12-10-25(11-13-26)15-22(27)23-18(3)24-21-7-5-4-6-20(21)23/h4-9,14,24H,10-13,15H2,1-3H3. The van der Waals surface area contributed by atoms with Crippen LogP contribution in [0.25, 0.3) is 10.9 Å². The fourth-order valence-electron chi connectivity index (χ4n) is 4.07. The van der Waals surface area contributed by atoms with E-state index in [1.807, 2.05) is 56.0 Å². The fraction of sp³-hybridized carbons (Fsp3) is 0.348. The molecule has 2 aromatic carbocycles. The Morgan fingerprint density at radius 3 is 2.37 bits per heavy atom. The molecule has 7 heteroatoms. The molecule has 0 amide bonds. The van der Waals surface area contributed by atoms with E-state index in [0.717, 1.165) is 33.3 Å². The first-order chi connectivity index (χ1) is 14.3. The van der Waals surface area contributed by atoms with Crippen molar-refractivity contribution in [1.82, 2.24) is 14.2 Å². The smallest absolute Gasteiger partial charge is 0.243 e. The van der Waals surface area contributed by atoms with Crippen molar-refractivity contribution in [2.45, 2.75) is 25.7 Å². The summed E-state index contributed by atoms with van der Waals surface area (Å²) in [6.45, 7) is 7.95. The third kappa shape index (κ3) is 3.80. The summed E-state index contributed by atoms with van der Waals surface area (Å²) in [7, 11) is -3.52. The van der Waals surface area contributed by atoms with Crippen LogP contribution < -0.4 is 0 Å². The second-order valence-corrected chi connectivity index (χ2v) is 9.96. The third-order valence-electron chi connectivity index (χ3n) is 5.99. The second kappa shape index (κ2) is 7.98. The Balaban J connectivity index is 1.44. The van der Waals surface area contributed by atoms with E-state index in [4.69, 9.17) is 0 Å². The van der Waals surface area contributed by atoms with Gasteiger partial charge in [0.2, 0.25) is 10.0 Å². The Bertz CT molecular complexity index is 1210. The van der Waals surface area contributed by atoms with Gasteiger partial charge in [0.15, 0.2) is 5.78 Å². The number of carbonyl (C=O) groups is 1. The molecule has 1 N–H and O–H groups in total. The molecule has 3 aromatic rings. The zero-order chi connectivity index (χ0) is 21.5. The van der Waals surface area contributed by atoms with Crippen LogP contribution in [0.3, 0.4) is 0 Å². The Hall–Kier alpha value is -2.48. The zero-order valence-corrected chi connectivity index (χ0v) is 18.4. The molecule has 4 rings (SSSR count). The first-order valence-electron chi connectivity index (χ1n) is 10.2. The van der Waals surface area contributed by atoms with Crippen LogP contribution in [0.15, 0.2) is 47.4 Å². The van der Waals surface area contributed by atoms with Crippen molar-refractivity contribution in [3.63, 3.8) is 0 Å². The molecule has 0 unspecified atom stereocenters. The number of sulfonamides is 1. The average molecular weight is 426 g/mol. The van der Waals surface area contributed by atoms with Gasteiger partial charge in [-0.2, -0.15) is 4.31 Å². The number of nitrogens with one attached hydrogen (secondary N) is 1. The van der Waals surface area contributed by atoms with Crippen molar-refractivity contribution < 1.29 is 13.2 Å². The molecule has 0 aliphatic carbocycles. The van der Waals surface area contributed by atoms with Gasteiger partial charge in [-0.05, 0) is 50.1 Å². The monoisotopic (exact) mass is 425 g/mol. The van der Waals surface area contributed by atoms with Crippen LogP contribution in [-0.4, -0.2) is 61.1 Å². The summed E-state index contributed by atoms with van der Waals surface area (Å²) in [5.74, 6) is 0.0652. The fourth-order valence-corrected chi connectivity index (χ4v) is 5.58. The number of ketones is 1. The van der Waals surface area contributed by atoms with Crippen LogP contribution in [-0.2, 0) is 10.0 Å². The Kier molecular flexibility index (Phi) is 5.53. The van der Waals surface area contributed by atoms with Crippen molar-refractivity contribution in [2.75, 3.05) is 32.7 Å². The number of hydrogen-bond donors (Lipinski definition) is 1. The third-order valence-corrected chi connectivity index (χ3v) is 7.88. The van der Waals surface area contributed by atoms with Gasteiger partial charge in [-0.1, -0.05) is 24.3 Å². The summed E-state index contributed by atoms with van der Waals surface area (Å²) in [5.41, 5.74) is 4.61. The number of Topliss-reactive ketones (excluding diaryl/α,β-unsaturated/α-hetero) is 1. The molecule has 1 aliphatic heterocycles. The summed E-state index contributed by atoms with van der Waals surface area (Å²) in [4.78, 5) is 18.6. The molecule has 0 spiro atoms. The van der Waals surface area contributed by atoms with Gasteiger partial charge in [0.1, 0.15) is 0 Å². The Labute approximate surface area is 177 Å². The summed E-state index contributed by atoms with van der Waals surface area (Å²) in [6, 6.07) is 13.1. The number of aryl methyl sites for hydroxylation is 3. The van der Waals surface area contributed by atoms with E-state index in [9.17, 15) is 13.2 Å². The van der Waals surface area contributed by atoms with Crippen LogP contribution in [0, 0.1) is 20.8 Å². The van der Waals surface area contributed by atoms with E-state index < -0.39 is 10.0 Å². The van der Waals surface area contributed by atoms with Crippen molar-refractivity contribution in [2.24, 2.45) is 0 Å². The van der Waals surface area contributed by atoms with Gasteiger partial charge in [0.05, 0.1) is 11.4 Å². The van der Waals surface area contributed by atoms with Gasteiger partial charge in [0, 0.05) is 48.3 Å². The van der Waals surface area contributed by atoms with E-state index in [1.54, 1.807) is 12.1 Å². The van der Waals surface area contributed by atoms with E-state index in [1.165, 1.54) is 4.31 Å². The van der Waals surface area contributed by atoms with Gasteiger partial charge in [-0.25, -0.2) is 8.42 Å². The first kappa shape index (κ1) is 20.8. The zero-order valence-electron chi connectivity index (χ0n) is 17.6. The van der Waals surface area contributed by atoms with Crippen molar-refractivity contribution in [3.05, 3.63) is 64.8 Å². The van der Waals surface area contributed by atoms with Gasteiger partial charge >= 0.3 is 0 Å². The van der Waals surface area contributed by atoms with Crippen molar-refractivity contribution in [1.29, 1.82) is 0 Å². The molecular weight excluding hydrogens is 398 g/mol. The first-order valence-corrected chi connectivity index (χ1v) is 11.6. The molecule has 30 heavy (non-hydrogen) atoms. The number of aromatic nitrogens is 1. The quantitative estimate of drug-likeness (QED) is 0.637. The highest BCUT2D eigenvalue weighted by molar-refractivity contribution is 7.89. The van der Waals surface area contributed by atoms with Crippen molar-refractivity contribution in [3.8, 4) is 0 Å². The lowest BCUT2D eigenvalue weighted by Crippen LogP contribution is -2.49. The number of rotatable bonds is 5. The topological polar surface area (TPSA) is 73.5 Å². The maximum atomic E-state index is 13.0. The van der Waals surface area contributed by atoms with E-state index >= 15 is 0 Å². The Morgan fingerprint density at radius 2 is 1.67 bits per heavy atom. The van der Waals surface area contributed by atoms with Gasteiger partial charge < -0.3 is 4.98 Å². The minimum Gasteiger partial charge on any atom is -0.358 e. The second-order valence-electron chi connectivity index (χ2n) is 8.02. The lowest BCUT2D eigenvalue weighted by molar-refractivity contribution is 0.0903. The summed E-state index contributed by atoms with van der Waals surface area (Å²) in [6.07, 6.45) is 0. The SMILES string of the molecule is Cc1ccc(S(=O)(=O)N2CCN(CC(=O)c3c(C)[nH]c4ccccc34)CC2)cc1C. The summed E-state index contributed by atoms with van der Waals surface area (Å²) in [5, 5.41) is 0.941. The van der Waals surface area contributed by atoms with Gasteiger partial charge in [-0.15, -0.1) is 0 Å². The minimum absolute atomic E-state index is 0.0652. The molecule has 0 radical (unpaired) electrons. The number of piperazine rings is 1. The molecule has 2 heterocycles. The van der Waals surface area contributed by atoms with Crippen LogP contribution in [0.2, 0.25) is 0 Å². The molecule has 0 atom stereocenters. The molecular formula is C23H27N3O3S. The van der Waals surface area contributed by atoms with Crippen LogP contribution in [0.1, 0.15) is 27.2 Å². The molecule has 0 bridgehead atoms. The van der Waals surface area contributed by atoms with Crippen LogP contribution in [0.4, 0.5) is 0 Å². The minimum atomic E-state index is -3.52. The summed E-state index contributed by atoms with van der Waals surface area (Å²) >= 11 is 0. The van der Waals surface area contributed by atoms with Crippen LogP contribution >= 0.6 is 0 Å². The lowest BCUT2D eigenvalue weighted by atomic mass is 10.1. The van der Waals surface area contributed by atoms with E-state index in [-0.39, 0.29) is 5.78 Å². The van der Waals surface area contributed by atoms with Crippen LogP contribution in [0.5, 0.6) is 0 Å². The number of carbonyl (C=O) groups excluding carboxylic acids is 1. The van der Waals surface area contributed by atoms with Crippen molar-refractivity contribution >= 4 is 26.7 Å². The largest absolute Gasteiger partial charge is 0.358 e. The normalized spacial score (nSPS) is 16.2. The number of benzene rings is 2. The number of para-hydroxylation sites is 1. The van der Waals surface area contributed by atoms with E-state index in [0.29, 0.717) is 37.6 Å². The number of hydrogen-bond acceptors (Lipinski definition) is 4. The predicted molar refractivity (Wildman–Crippen MR) is 118 cm³/mol. The highest BCUT2D eigenvalue weighted by atomic mass is 32.2. The molecule has 1 aromatic heterocycles. The lowest BCUT2D eigenvalue weighted by Gasteiger charge is -2.33. The number of nitrogens with zero attached hydrogens (tertiary/aromatic N) is 2. The predicted octanol–water partition coefficient (Wildman–Crippen LogP) is 3.28. The molecule has 1 aliphatic rings. The highest BCUT2D eigenvalue weighted by Gasteiger charge is 2.30. The molecule has 1 fully saturated rings. The average Bonchev–Trinajstić information content (AvgIpc) is 3.06. The molecule has 158 valence electrons.